The Balaban J connectivity index is 1.73. The molecule has 0 saturated carbocycles. The molecule has 0 bridgehead atoms. The van der Waals surface area contributed by atoms with Gasteiger partial charge in [-0.3, -0.25) is 14.6 Å². The average molecular weight is 353 g/mol. The summed E-state index contributed by atoms with van der Waals surface area (Å²) in [7, 11) is 0. The quantitative estimate of drug-likeness (QED) is 0.468. The smallest absolute Gasteiger partial charge is 0.329 e. The van der Waals surface area contributed by atoms with Crippen molar-refractivity contribution >= 4 is 23.8 Å². The molecule has 1 aliphatic rings. The molecule has 0 aliphatic carbocycles. The summed E-state index contributed by atoms with van der Waals surface area (Å²) in [6, 6.07) is 16.9. The molecular formula is C20H19NO5. The minimum absolute atomic E-state index is 0.384. The number of ether oxygens (including phenoxy) is 3. The van der Waals surface area contributed by atoms with Gasteiger partial charge in [0.2, 0.25) is 0 Å². The molecule has 134 valence electrons. The Morgan fingerprint density at radius 3 is 2.31 bits per heavy atom. The SMILES string of the molecule is CC1(C)OC(=O)C(C=Nc2ccccc2OCc2ccccc2)C(=O)O1. The maximum atomic E-state index is 12.0. The van der Waals surface area contributed by atoms with Gasteiger partial charge in [0.25, 0.3) is 5.79 Å². The van der Waals surface area contributed by atoms with Gasteiger partial charge in [0.15, 0.2) is 5.92 Å². The normalized spacial score (nSPS) is 17.0. The average Bonchev–Trinajstić information content (AvgIpc) is 2.60. The Bertz CT molecular complexity index is 809. The van der Waals surface area contributed by atoms with Gasteiger partial charge >= 0.3 is 11.9 Å². The third-order valence-corrected chi connectivity index (χ3v) is 3.67. The maximum absolute atomic E-state index is 12.0. The molecule has 6 heteroatoms. The van der Waals surface area contributed by atoms with Crippen LogP contribution < -0.4 is 4.74 Å². The van der Waals surface area contributed by atoms with Gasteiger partial charge in [0.05, 0.1) is 0 Å². The van der Waals surface area contributed by atoms with Crippen LogP contribution in [0.15, 0.2) is 59.6 Å². The number of aliphatic imine (C=N–C) groups is 1. The van der Waals surface area contributed by atoms with Crippen molar-refractivity contribution in [2.45, 2.75) is 26.2 Å². The Hall–Kier alpha value is -3.15. The van der Waals surface area contributed by atoms with E-state index in [9.17, 15) is 9.59 Å². The van der Waals surface area contributed by atoms with E-state index in [1.54, 1.807) is 18.2 Å². The number of hydrogen-bond donors (Lipinski definition) is 0. The van der Waals surface area contributed by atoms with E-state index >= 15 is 0 Å². The first-order chi connectivity index (χ1) is 12.4. The Labute approximate surface area is 151 Å². The van der Waals surface area contributed by atoms with Crippen molar-refractivity contribution < 1.29 is 23.8 Å². The van der Waals surface area contributed by atoms with Crippen LogP contribution in [0.2, 0.25) is 0 Å². The van der Waals surface area contributed by atoms with Crippen molar-refractivity contribution in [3.05, 3.63) is 60.2 Å². The van der Waals surface area contributed by atoms with Gasteiger partial charge in [-0.15, -0.1) is 0 Å². The van der Waals surface area contributed by atoms with E-state index in [0.29, 0.717) is 18.0 Å². The molecule has 0 unspecified atom stereocenters. The Kier molecular flexibility index (Phi) is 5.02. The molecule has 6 nitrogen and oxygen atoms in total. The predicted octanol–water partition coefficient (Wildman–Crippen LogP) is 3.42. The molecule has 0 N–H and O–H groups in total. The number of benzene rings is 2. The Morgan fingerprint density at radius 2 is 1.62 bits per heavy atom. The number of para-hydroxylation sites is 2. The highest BCUT2D eigenvalue weighted by Gasteiger charge is 2.42. The van der Waals surface area contributed by atoms with Crippen molar-refractivity contribution in [1.29, 1.82) is 0 Å². The van der Waals surface area contributed by atoms with Gasteiger partial charge in [0, 0.05) is 20.1 Å². The lowest BCUT2D eigenvalue weighted by Crippen LogP contribution is -2.46. The van der Waals surface area contributed by atoms with Crippen molar-refractivity contribution in [2.75, 3.05) is 0 Å². The summed E-state index contributed by atoms with van der Waals surface area (Å²) in [5.74, 6) is -3.26. The van der Waals surface area contributed by atoms with Gasteiger partial charge in [-0.1, -0.05) is 42.5 Å². The third kappa shape index (κ3) is 4.27. The molecule has 3 rings (SSSR count). The summed E-state index contributed by atoms with van der Waals surface area (Å²) in [6.07, 6.45) is 1.23. The summed E-state index contributed by atoms with van der Waals surface area (Å²) < 4.78 is 16.0. The van der Waals surface area contributed by atoms with Crippen LogP contribution in [-0.2, 0) is 25.7 Å². The molecule has 0 spiro atoms. The topological polar surface area (TPSA) is 74.2 Å². The van der Waals surface area contributed by atoms with Crippen LogP contribution in [0, 0.1) is 5.92 Å². The van der Waals surface area contributed by atoms with Crippen molar-refractivity contribution in [3.63, 3.8) is 0 Å². The summed E-state index contributed by atoms with van der Waals surface area (Å²) >= 11 is 0. The minimum atomic E-state index is -1.25. The highest BCUT2D eigenvalue weighted by Crippen LogP contribution is 2.28. The molecule has 0 radical (unpaired) electrons. The fourth-order valence-corrected chi connectivity index (χ4v) is 2.43. The number of carbonyl (C=O) groups is 2. The molecule has 2 aromatic carbocycles. The molecule has 1 heterocycles. The van der Waals surface area contributed by atoms with E-state index in [0.717, 1.165) is 5.56 Å². The van der Waals surface area contributed by atoms with Crippen LogP contribution in [-0.4, -0.2) is 23.9 Å². The third-order valence-electron chi connectivity index (χ3n) is 3.67. The molecular weight excluding hydrogens is 334 g/mol. The molecule has 1 aliphatic heterocycles. The van der Waals surface area contributed by atoms with E-state index in [1.807, 2.05) is 36.4 Å². The molecule has 26 heavy (non-hydrogen) atoms. The first-order valence-corrected chi connectivity index (χ1v) is 8.20. The van der Waals surface area contributed by atoms with Crippen LogP contribution in [0.25, 0.3) is 0 Å². The minimum Gasteiger partial charge on any atom is -0.487 e. The van der Waals surface area contributed by atoms with E-state index in [1.165, 1.54) is 20.1 Å². The second-order valence-electron chi connectivity index (χ2n) is 6.24. The van der Waals surface area contributed by atoms with Crippen LogP contribution in [0.5, 0.6) is 5.75 Å². The summed E-state index contributed by atoms with van der Waals surface area (Å²) in [5, 5.41) is 0. The van der Waals surface area contributed by atoms with Crippen LogP contribution >= 0.6 is 0 Å². The van der Waals surface area contributed by atoms with Crippen molar-refractivity contribution in [1.82, 2.24) is 0 Å². The second-order valence-corrected chi connectivity index (χ2v) is 6.24. The second kappa shape index (κ2) is 7.39. The number of nitrogens with zero attached hydrogens (tertiary/aromatic N) is 1. The van der Waals surface area contributed by atoms with Gasteiger partial charge in [0.1, 0.15) is 18.0 Å². The standard InChI is InChI=1S/C20H19NO5/c1-20(2)25-18(22)15(19(23)26-20)12-21-16-10-6-7-11-17(16)24-13-14-8-4-3-5-9-14/h3-12,15H,13H2,1-2H3. The van der Waals surface area contributed by atoms with Gasteiger partial charge in [-0.2, -0.15) is 0 Å². The lowest BCUT2D eigenvalue weighted by atomic mass is 10.1. The molecule has 1 fully saturated rings. The summed E-state index contributed by atoms with van der Waals surface area (Å²) in [5.41, 5.74) is 1.53. The van der Waals surface area contributed by atoms with Gasteiger partial charge < -0.3 is 14.2 Å². The molecule has 2 aromatic rings. The Morgan fingerprint density at radius 1 is 1.00 bits per heavy atom. The lowest BCUT2D eigenvalue weighted by Gasteiger charge is -2.31. The van der Waals surface area contributed by atoms with E-state index < -0.39 is 23.6 Å². The van der Waals surface area contributed by atoms with Crippen molar-refractivity contribution in [3.8, 4) is 5.75 Å². The predicted molar refractivity (Wildman–Crippen MR) is 95.1 cm³/mol. The zero-order valence-electron chi connectivity index (χ0n) is 14.5. The zero-order chi connectivity index (χ0) is 18.6. The highest BCUT2D eigenvalue weighted by molar-refractivity contribution is 6.10. The first-order valence-electron chi connectivity index (χ1n) is 8.20. The lowest BCUT2D eigenvalue weighted by molar-refractivity contribution is -0.235. The van der Waals surface area contributed by atoms with E-state index in [-0.39, 0.29) is 0 Å². The highest BCUT2D eigenvalue weighted by atomic mass is 16.7. The number of hydrogen-bond acceptors (Lipinski definition) is 6. The maximum Gasteiger partial charge on any atom is 0.329 e. The number of carbonyl (C=O) groups excluding carboxylic acids is 2. The van der Waals surface area contributed by atoms with Crippen LogP contribution in [0.1, 0.15) is 19.4 Å². The number of cyclic esters (lactones) is 2. The summed E-state index contributed by atoms with van der Waals surface area (Å²) in [4.78, 5) is 28.2. The van der Waals surface area contributed by atoms with E-state index in [4.69, 9.17) is 14.2 Å². The fourth-order valence-electron chi connectivity index (χ4n) is 2.43. The molecule has 1 saturated heterocycles. The van der Waals surface area contributed by atoms with E-state index in [2.05, 4.69) is 4.99 Å². The van der Waals surface area contributed by atoms with Crippen LogP contribution in [0.3, 0.4) is 0 Å². The molecule has 0 atom stereocenters. The molecule has 0 amide bonds. The largest absolute Gasteiger partial charge is 0.487 e. The fraction of sp³-hybridized carbons (Fsp3) is 0.250. The number of esters is 2. The number of rotatable bonds is 5. The van der Waals surface area contributed by atoms with Crippen molar-refractivity contribution in [2.24, 2.45) is 10.9 Å². The van der Waals surface area contributed by atoms with Crippen LogP contribution in [0.4, 0.5) is 5.69 Å². The zero-order valence-corrected chi connectivity index (χ0v) is 14.5. The summed E-state index contributed by atoms with van der Waals surface area (Å²) in [6.45, 7) is 3.39. The monoisotopic (exact) mass is 353 g/mol. The van der Waals surface area contributed by atoms with Gasteiger partial charge in [-0.25, -0.2) is 0 Å². The first kappa shape index (κ1) is 17.7. The van der Waals surface area contributed by atoms with Gasteiger partial charge in [-0.05, 0) is 17.7 Å². The molecule has 0 aromatic heterocycles.